The Balaban J connectivity index is 2.42. The van der Waals surface area contributed by atoms with Crippen molar-refractivity contribution in [3.05, 3.63) is 72.7 Å². The maximum absolute atomic E-state index is 12.6. The van der Waals surface area contributed by atoms with Gasteiger partial charge in [0.1, 0.15) is 16.4 Å². The number of fused-ring (bicyclic) bond motifs is 1. The summed E-state index contributed by atoms with van der Waals surface area (Å²) in [7, 11) is 0. The van der Waals surface area contributed by atoms with Gasteiger partial charge in [-0.25, -0.2) is 0 Å². The highest BCUT2D eigenvalue weighted by Gasteiger charge is 2.34. The average molecular weight is 372 g/mol. The number of ether oxygens (including phenoxy) is 1. The lowest BCUT2D eigenvalue weighted by Gasteiger charge is -2.36. The van der Waals surface area contributed by atoms with E-state index >= 15 is 0 Å². The summed E-state index contributed by atoms with van der Waals surface area (Å²) in [5.74, 6) is 0.476. The lowest BCUT2D eigenvalue weighted by molar-refractivity contribution is -0.385. The summed E-state index contributed by atoms with van der Waals surface area (Å²) in [5, 5.41) is 20.1. The van der Waals surface area contributed by atoms with Gasteiger partial charge < -0.3 is 4.74 Å². The highest BCUT2D eigenvalue weighted by Crippen LogP contribution is 2.41. The van der Waals surface area contributed by atoms with Crippen molar-refractivity contribution in [2.24, 2.45) is 0 Å². The second-order valence-corrected chi connectivity index (χ2v) is 6.79. The van der Waals surface area contributed by atoms with E-state index in [0.717, 1.165) is 16.8 Å². The molecule has 0 saturated carbocycles. The SMILES string of the molecule is CC1=C(n2cc([N+](=O)[O-])cc(Cl)c2=O)c2cc(C#N)ccc2OC1(C)C. The van der Waals surface area contributed by atoms with Crippen molar-refractivity contribution in [2.45, 2.75) is 26.4 Å². The summed E-state index contributed by atoms with van der Waals surface area (Å²) in [4.78, 5) is 23.2. The average Bonchev–Trinajstić information content (AvgIpc) is 2.58. The van der Waals surface area contributed by atoms with Crippen LogP contribution >= 0.6 is 11.6 Å². The molecule has 3 rings (SSSR count). The van der Waals surface area contributed by atoms with Crippen molar-refractivity contribution >= 4 is 23.0 Å². The van der Waals surface area contributed by atoms with Crippen LogP contribution in [0.4, 0.5) is 5.69 Å². The molecular weight excluding hydrogens is 358 g/mol. The van der Waals surface area contributed by atoms with Crippen LogP contribution in [-0.4, -0.2) is 15.1 Å². The highest BCUT2D eigenvalue weighted by atomic mass is 35.5. The van der Waals surface area contributed by atoms with E-state index in [1.54, 1.807) is 25.1 Å². The van der Waals surface area contributed by atoms with Crippen molar-refractivity contribution in [3.8, 4) is 11.8 Å². The first-order valence-corrected chi connectivity index (χ1v) is 8.05. The summed E-state index contributed by atoms with van der Waals surface area (Å²) >= 11 is 5.94. The monoisotopic (exact) mass is 371 g/mol. The van der Waals surface area contributed by atoms with Gasteiger partial charge in [0.15, 0.2) is 0 Å². The first-order chi connectivity index (χ1) is 12.2. The quantitative estimate of drug-likeness (QED) is 0.591. The zero-order valence-electron chi connectivity index (χ0n) is 14.2. The first kappa shape index (κ1) is 17.7. The number of aromatic nitrogens is 1. The molecule has 26 heavy (non-hydrogen) atoms. The number of nitriles is 1. The van der Waals surface area contributed by atoms with Crippen LogP contribution in [0.3, 0.4) is 0 Å². The molecule has 0 N–H and O–H groups in total. The normalized spacial score (nSPS) is 15.0. The van der Waals surface area contributed by atoms with E-state index in [4.69, 9.17) is 16.3 Å². The maximum atomic E-state index is 12.6. The zero-order valence-corrected chi connectivity index (χ0v) is 15.0. The molecular formula is C18H14ClN3O4. The van der Waals surface area contributed by atoms with E-state index in [-0.39, 0.29) is 10.7 Å². The van der Waals surface area contributed by atoms with Gasteiger partial charge >= 0.3 is 0 Å². The minimum atomic E-state index is -0.757. The van der Waals surface area contributed by atoms with Crippen LogP contribution in [0.25, 0.3) is 5.70 Å². The molecule has 7 nitrogen and oxygen atoms in total. The Kier molecular flexibility index (Phi) is 4.09. The van der Waals surface area contributed by atoms with E-state index in [1.165, 1.54) is 0 Å². The molecule has 0 amide bonds. The number of rotatable bonds is 2. The number of benzene rings is 1. The molecule has 1 aliphatic rings. The Morgan fingerprint density at radius 2 is 2.04 bits per heavy atom. The van der Waals surface area contributed by atoms with E-state index in [9.17, 15) is 20.2 Å². The number of hydrogen-bond donors (Lipinski definition) is 0. The third kappa shape index (κ3) is 2.74. The minimum Gasteiger partial charge on any atom is -0.483 e. The van der Waals surface area contributed by atoms with Crippen molar-refractivity contribution in [1.29, 1.82) is 5.26 Å². The third-order valence-corrected chi connectivity index (χ3v) is 4.67. The molecule has 0 fully saturated rings. The first-order valence-electron chi connectivity index (χ1n) is 7.67. The van der Waals surface area contributed by atoms with Crippen LogP contribution in [0.2, 0.25) is 5.02 Å². The maximum Gasteiger partial charge on any atom is 0.287 e. The molecule has 0 atom stereocenters. The predicted octanol–water partition coefficient (Wildman–Crippen LogP) is 3.73. The standard InChI is InChI=1S/C18H14ClN3O4/c1-10-16(21-9-12(22(24)25)7-14(19)17(21)23)13-6-11(8-20)4-5-15(13)26-18(10,2)3/h4-7,9H,1-3H3. The second kappa shape index (κ2) is 6.00. The van der Waals surface area contributed by atoms with E-state index in [0.29, 0.717) is 28.1 Å². The molecule has 1 aromatic carbocycles. The summed E-state index contributed by atoms with van der Waals surface area (Å²) < 4.78 is 7.13. The summed E-state index contributed by atoms with van der Waals surface area (Å²) in [5.41, 5.74) is 0.325. The van der Waals surface area contributed by atoms with E-state index < -0.39 is 16.1 Å². The van der Waals surface area contributed by atoms with Crippen molar-refractivity contribution in [3.63, 3.8) is 0 Å². The van der Waals surface area contributed by atoms with Crippen LogP contribution < -0.4 is 10.3 Å². The molecule has 1 aliphatic heterocycles. The van der Waals surface area contributed by atoms with Crippen molar-refractivity contribution in [2.75, 3.05) is 0 Å². The van der Waals surface area contributed by atoms with Gasteiger partial charge in [0, 0.05) is 11.6 Å². The molecule has 0 spiro atoms. The molecule has 0 saturated heterocycles. The summed E-state index contributed by atoms with van der Waals surface area (Å²) in [6, 6.07) is 7.90. The molecule has 2 heterocycles. The van der Waals surface area contributed by atoms with Gasteiger partial charge in [0.2, 0.25) is 0 Å². The molecule has 8 heteroatoms. The van der Waals surface area contributed by atoms with Crippen LogP contribution in [0.15, 0.2) is 40.8 Å². The number of halogens is 1. The van der Waals surface area contributed by atoms with Gasteiger partial charge in [-0.2, -0.15) is 5.26 Å². The smallest absolute Gasteiger partial charge is 0.287 e. The topological polar surface area (TPSA) is 98.2 Å². The minimum absolute atomic E-state index is 0.262. The van der Waals surface area contributed by atoms with Gasteiger partial charge in [-0.05, 0) is 44.5 Å². The fraction of sp³-hybridized carbons (Fsp3) is 0.222. The molecule has 0 aliphatic carbocycles. The molecule has 132 valence electrons. The van der Waals surface area contributed by atoms with Gasteiger partial charge in [-0.15, -0.1) is 0 Å². The molecule has 2 aromatic rings. The van der Waals surface area contributed by atoms with Gasteiger partial charge in [-0.1, -0.05) is 11.6 Å². The third-order valence-electron chi connectivity index (χ3n) is 4.40. The Morgan fingerprint density at radius 1 is 1.35 bits per heavy atom. The lowest BCUT2D eigenvalue weighted by atomic mass is 9.90. The molecule has 0 bridgehead atoms. The van der Waals surface area contributed by atoms with Crippen LogP contribution in [0.5, 0.6) is 5.75 Å². The fourth-order valence-corrected chi connectivity index (χ4v) is 3.03. The van der Waals surface area contributed by atoms with Crippen LogP contribution in [-0.2, 0) is 0 Å². The highest BCUT2D eigenvalue weighted by molar-refractivity contribution is 6.30. The van der Waals surface area contributed by atoms with Gasteiger partial charge in [0.05, 0.1) is 28.4 Å². The molecule has 0 unspecified atom stereocenters. The zero-order chi connectivity index (χ0) is 19.2. The molecule has 1 aromatic heterocycles. The number of pyridine rings is 1. The second-order valence-electron chi connectivity index (χ2n) is 6.39. The van der Waals surface area contributed by atoms with Gasteiger partial charge in [-0.3, -0.25) is 19.5 Å². The lowest BCUT2D eigenvalue weighted by Crippen LogP contribution is -2.36. The van der Waals surface area contributed by atoms with E-state index in [2.05, 4.69) is 0 Å². The van der Waals surface area contributed by atoms with Crippen LogP contribution in [0.1, 0.15) is 31.9 Å². The Morgan fingerprint density at radius 3 is 2.65 bits per heavy atom. The predicted molar refractivity (Wildman–Crippen MR) is 96.2 cm³/mol. The number of nitro groups is 1. The van der Waals surface area contributed by atoms with Crippen molar-refractivity contribution in [1.82, 2.24) is 4.57 Å². The molecule has 0 radical (unpaired) electrons. The largest absolute Gasteiger partial charge is 0.483 e. The van der Waals surface area contributed by atoms with Crippen LogP contribution in [0, 0.1) is 21.4 Å². The summed E-state index contributed by atoms with van der Waals surface area (Å²) in [6.45, 7) is 5.43. The Bertz CT molecular complexity index is 1080. The van der Waals surface area contributed by atoms with E-state index in [1.807, 2.05) is 19.9 Å². The fourth-order valence-electron chi connectivity index (χ4n) is 2.82. The Labute approximate surface area is 153 Å². The number of hydrogen-bond acceptors (Lipinski definition) is 5. The number of nitrogens with zero attached hydrogens (tertiary/aromatic N) is 3. The summed E-state index contributed by atoms with van der Waals surface area (Å²) in [6.07, 6.45) is 1.14. The van der Waals surface area contributed by atoms with Gasteiger partial charge in [0.25, 0.3) is 11.2 Å². The van der Waals surface area contributed by atoms with Crippen molar-refractivity contribution < 1.29 is 9.66 Å². The Hall–Kier alpha value is -3.11.